The Hall–Kier alpha value is -2.14. The summed E-state index contributed by atoms with van der Waals surface area (Å²) in [5.74, 6) is 1.21. The van der Waals surface area contributed by atoms with Crippen LogP contribution in [0.1, 0.15) is 11.1 Å². The average Bonchev–Trinajstić information content (AvgIpc) is 2.85. The normalized spacial score (nSPS) is 10.9. The van der Waals surface area contributed by atoms with Gasteiger partial charge in [-0.15, -0.1) is 11.3 Å². The van der Waals surface area contributed by atoms with E-state index in [2.05, 4.69) is 46.1 Å². The van der Waals surface area contributed by atoms with E-state index in [4.69, 9.17) is 5.73 Å². The van der Waals surface area contributed by atoms with Crippen LogP contribution in [0.2, 0.25) is 0 Å². The predicted octanol–water partition coefficient (Wildman–Crippen LogP) is 3.22. The Morgan fingerprint density at radius 1 is 1.25 bits per heavy atom. The van der Waals surface area contributed by atoms with Gasteiger partial charge < -0.3 is 10.6 Å². The van der Waals surface area contributed by atoms with Crippen LogP contribution in [0.25, 0.3) is 10.2 Å². The lowest BCUT2D eigenvalue weighted by molar-refractivity contribution is 0.901. The van der Waals surface area contributed by atoms with E-state index in [0.29, 0.717) is 5.95 Å². The zero-order valence-corrected chi connectivity index (χ0v) is 12.3. The summed E-state index contributed by atoms with van der Waals surface area (Å²) >= 11 is 1.58. The van der Waals surface area contributed by atoms with Gasteiger partial charge in [0.05, 0.1) is 5.39 Å². The first-order valence-electron chi connectivity index (χ1n) is 6.41. The van der Waals surface area contributed by atoms with Crippen LogP contribution in [0.3, 0.4) is 0 Å². The van der Waals surface area contributed by atoms with Gasteiger partial charge in [-0.1, -0.05) is 29.8 Å². The van der Waals surface area contributed by atoms with Gasteiger partial charge in [-0.3, -0.25) is 0 Å². The number of aryl methyl sites for hydroxylation is 1. The lowest BCUT2D eigenvalue weighted by Crippen LogP contribution is -2.18. The number of anilines is 2. The zero-order chi connectivity index (χ0) is 14.1. The molecule has 1 aromatic carbocycles. The first-order chi connectivity index (χ1) is 9.63. The predicted molar refractivity (Wildman–Crippen MR) is 85.1 cm³/mol. The highest BCUT2D eigenvalue weighted by Crippen LogP contribution is 2.28. The van der Waals surface area contributed by atoms with Gasteiger partial charge in [0.1, 0.15) is 10.6 Å². The fourth-order valence-electron chi connectivity index (χ4n) is 2.31. The first kappa shape index (κ1) is 12.9. The van der Waals surface area contributed by atoms with Crippen LogP contribution in [0, 0.1) is 6.92 Å². The van der Waals surface area contributed by atoms with Crippen LogP contribution < -0.4 is 10.6 Å². The van der Waals surface area contributed by atoms with Gasteiger partial charge in [-0.2, -0.15) is 4.98 Å². The minimum Gasteiger partial charge on any atom is -0.368 e. The summed E-state index contributed by atoms with van der Waals surface area (Å²) in [6, 6.07) is 10.5. The van der Waals surface area contributed by atoms with E-state index in [9.17, 15) is 0 Å². The maximum atomic E-state index is 5.80. The van der Waals surface area contributed by atoms with Crippen LogP contribution >= 0.6 is 11.3 Å². The van der Waals surface area contributed by atoms with E-state index in [1.165, 1.54) is 11.1 Å². The molecular weight excluding hydrogens is 268 g/mol. The largest absolute Gasteiger partial charge is 0.368 e. The van der Waals surface area contributed by atoms with Crippen molar-refractivity contribution in [2.24, 2.45) is 0 Å². The highest BCUT2D eigenvalue weighted by atomic mass is 32.1. The first-order valence-corrected chi connectivity index (χ1v) is 7.29. The summed E-state index contributed by atoms with van der Waals surface area (Å²) in [4.78, 5) is 11.7. The molecule has 0 saturated carbocycles. The summed E-state index contributed by atoms with van der Waals surface area (Å²) < 4.78 is 0. The number of aromatic nitrogens is 2. The fraction of sp³-hybridized carbons (Fsp3) is 0.200. The van der Waals surface area contributed by atoms with Gasteiger partial charge in [0.25, 0.3) is 0 Å². The van der Waals surface area contributed by atoms with E-state index < -0.39 is 0 Å². The average molecular weight is 284 g/mol. The molecule has 20 heavy (non-hydrogen) atoms. The smallest absolute Gasteiger partial charge is 0.223 e. The van der Waals surface area contributed by atoms with E-state index in [1.54, 1.807) is 11.3 Å². The second-order valence-corrected chi connectivity index (χ2v) is 5.78. The van der Waals surface area contributed by atoms with E-state index in [0.717, 1.165) is 22.6 Å². The summed E-state index contributed by atoms with van der Waals surface area (Å²) in [7, 11) is 2.03. The van der Waals surface area contributed by atoms with Gasteiger partial charge in [0.15, 0.2) is 0 Å². The minimum atomic E-state index is 0.325. The molecule has 5 heteroatoms. The number of fused-ring (bicyclic) bond motifs is 1. The molecule has 4 nitrogen and oxygen atoms in total. The number of benzene rings is 1. The molecule has 0 bridgehead atoms. The molecule has 102 valence electrons. The van der Waals surface area contributed by atoms with Crippen molar-refractivity contribution in [1.29, 1.82) is 0 Å². The maximum Gasteiger partial charge on any atom is 0.223 e. The summed E-state index contributed by atoms with van der Waals surface area (Å²) in [5.41, 5.74) is 8.32. The molecular formula is C15H16N4S. The molecule has 3 rings (SSSR count). The molecule has 0 aliphatic heterocycles. The molecule has 2 aromatic heterocycles. The number of nitrogens with two attached hydrogens (primary N) is 1. The topological polar surface area (TPSA) is 55.0 Å². The second-order valence-electron chi connectivity index (χ2n) is 4.89. The van der Waals surface area contributed by atoms with E-state index in [1.807, 2.05) is 18.5 Å². The summed E-state index contributed by atoms with van der Waals surface area (Å²) in [5, 5.41) is 3.07. The van der Waals surface area contributed by atoms with Gasteiger partial charge in [0.2, 0.25) is 5.95 Å². The lowest BCUT2D eigenvalue weighted by atomic mass is 10.1. The summed E-state index contributed by atoms with van der Waals surface area (Å²) in [6.07, 6.45) is 0. The number of hydrogen-bond donors (Lipinski definition) is 1. The SMILES string of the molecule is Cc1cccc(CN(C)c2nc(N)nc3sccc23)c1. The van der Waals surface area contributed by atoms with Gasteiger partial charge in [0, 0.05) is 13.6 Å². The number of nitrogen functional groups attached to an aromatic ring is 1. The van der Waals surface area contributed by atoms with Crippen LogP contribution in [0.4, 0.5) is 11.8 Å². The number of nitrogens with zero attached hydrogens (tertiary/aromatic N) is 3. The third-order valence-electron chi connectivity index (χ3n) is 3.19. The Balaban J connectivity index is 1.96. The molecule has 0 aliphatic rings. The third kappa shape index (κ3) is 2.44. The number of thiophene rings is 1. The van der Waals surface area contributed by atoms with Crippen molar-refractivity contribution in [3.05, 3.63) is 46.8 Å². The Bertz CT molecular complexity index is 750. The number of rotatable bonds is 3. The molecule has 2 N–H and O–H groups in total. The molecule has 0 amide bonds. The summed E-state index contributed by atoms with van der Waals surface area (Å²) in [6.45, 7) is 2.90. The van der Waals surface area contributed by atoms with Gasteiger partial charge in [-0.25, -0.2) is 4.98 Å². The quantitative estimate of drug-likeness (QED) is 0.802. The van der Waals surface area contributed by atoms with Gasteiger partial charge in [-0.05, 0) is 23.9 Å². The zero-order valence-electron chi connectivity index (χ0n) is 11.5. The fourth-order valence-corrected chi connectivity index (χ4v) is 3.07. The lowest BCUT2D eigenvalue weighted by Gasteiger charge is -2.19. The third-order valence-corrected chi connectivity index (χ3v) is 3.99. The van der Waals surface area contributed by atoms with Crippen LogP contribution in [0.5, 0.6) is 0 Å². The van der Waals surface area contributed by atoms with Crippen molar-refractivity contribution < 1.29 is 0 Å². The molecule has 0 saturated heterocycles. The van der Waals surface area contributed by atoms with Crippen molar-refractivity contribution in [3.63, 3.8) is 0 Å². The van der Waals surface area contributed by atoms with Crippen molar-refractivity contribution in [1.82, 2.24) is 9.97 Å². The molecule has 3 aromatic rings. The van der Waals surface area contributed by atoms with Crippen LogP contribution in [0.15, 0.2) is 35.7 Å². The van der Waals surface area contributed by atoms with Crippen molar-refractivity contribution in [2.75, 3.05) is 17.7 Å². The number of hydrogen-bond acceptors (Lipinski definition) is 5. The monoisotopic (exact) mass is 284 g/mol. The maximum absolute atomic E-state index is 5.80. The second kappa shape index (κ2) is 5.09. The molecule has 0 aliphatic carbocycles. The minimum absolute atomic E-state index is 0.325. The highest BCUT2D eigenvalue weighted by Gasteiger charge is 2.12. The van der Waals surface area contributed by atoms with Crippen LogP contribution in [-0.4, -0.2) is 17.0 Å². The van der Waals surface area contributed by atoms with Crippen molar-refractivity contribution in [2.45, 2.75) is 13.5 Å². The molecule has 0 radical (unpaired) electrons. The van der Waals surface area contributed by atoms with Crippen molar-refractivity contribution >= 4 is 33.3 Å². The highest BCUT2D eigenvalue weighted by molar-refractivity contribution is 7.16. The van der Waals surface area contributed by atoms with Gasteiger partial charge >= 0.3 is 0 Å². The standard InChI is InChI=1S/C15H16N4S/c1-10-4-3-5-11(8-10)9-19(2)13-12-6-7-20-14(12)18-15(16)17-13/h3-8H,9H2,1-2H3,(H2,16,17,18). The van der Waals surface area contributed by atoms with Crippen LogP contribution in [-0.2, 0) is 6.54 Å². The van der Waals surface area contributed by atoms with E-state index in [-0.39, 0.29) is 0 Å². The molecule has 0 atom stereocenters. The van der Waals surface area contributed by atoms with E-state index >= 15 is 0 Å². The Labute approximate surface area is 121 Å². The molecule has 0 fully saturated rings. The molecule has 0 spiro atoms. The Kier molecular flexibility index (Phi) is 3.28. The molecule has 0 unspecified atom stereocenters. The Morgan fingerprint density at radius 2 is 2.10 bits per heavy atom. The van der Waals surface area contributed by atoms with Crippen molar-refractivity contribution in [3.8, 4) is 0 Å². The Morgan fingerprint density at radius 3 is 2.90 bits per heavy atom. The molecule has 2 heterocycles.